The van der Waals surface area contributed by atoms with Gasteiger partial charge in [0.05, 0.1) is 13.7 Å². The van der Waals surface area contributed by atoms with E-state index < -0.39 is 6.10 Å². The standard InChI is InChI=1S/C24H26N2O4/c1-29-20-9-10-21-18(15-20)14-19(23(27)25-21)16-26(24(28)22-8-5-13-30-22)12-11-17-6-3-2-4-7-17/h2-4,6-7,9-10,14-15,22H,5,8,11-13,16H2,1H3,(H,25,27)/t22-/m0/s1. The Morgan fingerprint density at radius 2 is 2.03 bits per heavy atom. The van der Waals surface area contributed by atoms with Crippen LogP contribution in [0.25, 0.3) is 10.9 Å². The van der Waals surface area contributed by atoms with Gasteiger partial charge in [0.25, 0.3) is 11.5 Å². The smallest absolute Gasteiger partial charge is 0.253 e. The molecule has 2 heterocycles. The van der Waals surface area contributed by atoms with Gasteiger partial charge in [-0.15, -0.1) is 0 Å². The summed E-state index contributed by atoms with van der Waals surface area (Å²) in [5, 5.41) is 0.872. The number of nitrogens with one attached hydrogen (secondary N) is 1. The zero-order valence-electron chi connectivity index (χ0n) is 17.1. The van der Waals surface area contributed by atoms with Crippen LogP contribution in [0.3, 0.4) is 0 Å². The van der Waals surface area contributed by atoms with Crippen LogP contribution in [-0.2, 0) is 22.5 Å². The van der Waals surface area contributed by atoms with Crippen molar-refractivity contribution in [3.05, 3.63) is 76.1 Å². The monoisotopic (exact) mass is 406 g/mol. The molecule has 0 radical (unpaired) electrons. The van der Waals surface area contributed by atoms with E-state index in [1.54, 1.807) is 12.0 Å². The van der Waals surface area contributed by atoms with Gasteiger partial charge in [-0.25, -0.2) is 0 Å². The average Bonchev–Trinajstić information content (AvgIpc) is 3.32. The third-order valence-corrected chi connectivity index (χ3v) is 5.52. The fourth-order valence-corrected chi connectivity index (χ4v) is 3.83. The zero-order chi connectivity index (χ0) is 20.9. The van der Waals surface area contributed by atoms with Gasteiger partial charge in [-0.3, -0.25) is 9.59 Å². The summed E-state index contributed by atoms with van der Waals surface area (Å²) in [5.74, 6) is 0.672. The second kappa shape index (κ2) is 9.13. The topological polar surface area (TPSA) is 71.6 Å². The number of carbonyl (C=O) groups is 1. The molecule has 156 valence electrons. The van der Waals surface area contributed by atoms with Gasteiger partial charge in [-0.1, -0.05) is 30.3 Å². The molecule has 1 aromatic heterocycles. The molecule has 6 nitrogen and oxygen atoms in total. The molecule has 1 N–H and O–H groups in total. The molecule has 3 aromatic rings. The molecule has 1 fully saturated rings. The van der Waals surface area contributed by atoms with Crippen LogP contribution in [-0.4, -0.2) is 42.2 Å². The molecule has 6 heteroatoms. The van der Waals surface area contributed by atoms with Crippen molar-refractivity contribution in [2.75, 3.05) is 20.3 Å². The van der Waals surface area contributed by atoms with Crippen molar-refractivity contribution in [1.29, 1.82) is 0 Å². The Balaban J connectivity index is 1.60. The number of aromatic amines is 1. The molecule has 0 unspecified atom stereocenters. The van der Waals surface area contributed by atoms with E-state index in [2.05, 4.69) is 4.98 Å². The molecule has 1 atom stereocenters. The van der Waals surface area contributed by atoms with E-state index in [9.17, 15) is 9.59 Å². The van der Waals surface area contributed by atoms with E-state index in [1.807, 2.05) is 54.6 Å². The van der Waals surface area contributed by atoms with Crippen molar-refractivity contribution in [2.45, 2.75) is 31.9 Å². The molecule has 30 heavy (non-hydrogen) atoms. The van der Waals surface area contributed by atoms with Gasteiger partial charge in [0.15, 0.2) is 0 Å². The summed E-state index contributed by atoms with van der Waals surface area (Å²) in [5.41, 5.74) is 2.26. The molecule has 1 saturated heterocycles. The van der Waals surface area contributed by atoms with E-state index >= 15 is 0 Å². The van der Waals surface area contributed by atoms with E-state index in [-0.39, 0.29) is 18.0 Å². The maximum Gasteiger partial charge on any atom is 0.253 e. The van der Waals surface area contributed by atoms with Gasteiger partial charge in [0.2, 0.25) is 0 Å². The Hall–Kier alpha value is -3.12. The largest absolute Gasteiger partial charge is 0.497 e. The highest BCUT2D eigenvalue weighted by Crippen LogP contribution is 2.20. The van der Waals surface area contributed by atoms with Crippen LogP contribution >= 0.6 is 0 Å². The minimum absolute atomic E-state index is 0.0476. The van der Waals surface area contributed by atoms with Gasteiger partial charge >= 0.3 is 0 Å². The molecule has 1 aliphatic heterocycles. The molecule has 1 aliphatic rings. The quantitative estimate of drug-likeness (QED) is 0.654. The third kappa shape index (κ3) is 4.54. The molecular weight excluding hydrogens is 380 g/mol. The Labute approximate surface area is 175 Å². The first-order valence-electron chi connectivity index (χ1n) is 10.3. The predicted octanol–water partition coefficient (Wildman–Crippen LogP) is 3.29. The van der Waals surface area contributed by atoms with Crippen LogP contribution < -0.4 is 10.3 Å². The number of methoxy groups -OCH3 is 1. The Bertz CT molecular complexity index is 1070. The predicted molar refractivity (Wildman–Crippen MR) is 116 cm³/mol. The lowest BCUT2D eigenvalue weighted by atomic mass is 10.1. The maximum atomic E-state index is 13.1. The van der Waals surface area contributed by atoms with Gasteiger partial charge in [-0.2, -0.15) is 0 Å². The molecule has 4 rings (SSSR count). The zero-order valence-corrected chi connectivity index (χ0v) is 17.1. The summed E-state index contributed by atoms with van der Waals surface area (Å²) in [4.78, 5) is 30.5. The van der Waals surface area contributed by atoms with E-state index in [0.29, 0.717) is 18.7 Å². The summed E-state index contributed by atoms with van der Waals surface area (Å²) in [6.07, 6.45) is 1.92. The van der Waals surface area contributed by atoms with Crippen molar-refractivity contribution in [1.82, 2.24) is 9.88 Å². The number of amides is 1. The number of benzene rings is 2. The minimum Gasteiger partial charge on any atom is -0.497 e. The normalized spacial score (nSPS) is 16.0. The number of H-pyrrole nitrogens is 1. The number of ether oxygens (including phenoxy) is 2. The van der Waals surface area contributed by atoms with Crippen molar-refractivity contribution in [2.24, 2.45) is 0 Å². The summed E-state index contributed by atoms with van der Waals surface area (Å²) in [6, 6.07) is 17.4. The second-order valence-electron chi connectivity index (χ2n) is 7.57. The average molecular weight is 406 g/mol. The number of carbonyl (C=O) groups excluding carboxylic acids is 1. The summed E-state index contributed by atoms with van der Waals surface area (Å²) in [7, 11) is 1.61. The van der Waals surface area contributed by atoms with Crippen LogP contribution in [0.5, 0.6) is 5.75 Å². The van der Waals surface area contributed by atoms with Gasteiger partial charge in [0, 0.05) is 29.6 Å². The fourth-order valence-electron chi connectivity index (χ4n) is 3.83. The van der Waals surface area contributed by atoms with Crippen molar-refractivity contribution >= 4 is 16.8 Å². The highest BCUT2D eigenvalue weighted by Gasteiger charge is 2.28. The Kier molecular flexibility index (Phi) is 6.14. The summed E-state index contributed by atoms with van der Waals surface area (Å²) in [6.45, 7) is 1.38. The molecule has 0 spiro atoms. The van der Waals surface area contributed by atoms with Crippen LogP contribution in [0.4, 0.5) is 0 Å². The van der Waals surface area contributed by atoms with Crippen molar-refractivity contribution in [3.63, 3.8) is 0 Å². The van der Waals surface area contributed by atoms with Crippen LogP contribution in [0.1, 0.15) is 24.0 Å². The SMILES string of the molecule is COc1ccc2[nH]c(=O)c(CN(CCc3ccccc3)C(=O)[C@@H]3CCCO3)cc2c1. The van der Waals surface area contributed by atoms with Gasteiger partial charge in [0.1, 0.15) is 11.9 Å². The van der Waals surface area contributed by atoms with Crippen molar-refractivity contribution in [3.8, 4) is 5.75 Å². The van der Waals surface area contributed by atoms with E-state index in [1.165, 1.54) is 0 Å². The maximum absolute atomic E-state index is 13.1. The lowest BCUT2D eigenvalue weighted by Crippen LogP contribution is -2.40. The molecule has 0 aliphatic carbocycles. The first-order valence-corrected chi connectivity index (χ1v) is 10.3. The summed E-state index contributed by atoms with van der Waals surface area (Å²) >= 11 is 0. The lowest BCUT2D eigenvalue weighted by Gasteiger charge is -2.25. The van der Waals surface area contributed by atoms with Crippen molar-refractivity contribution < 1.29 is 14.3 Å². The number of aromatic nitrogens is 1. The minimum atomic E-state index is -0.416. The second-order valence-corrected chi connectivity index (χ2v) is 7.57. The first kappa shape index (κ1) is 20.2. The Morgan fingerprint density at radius 1 is 1.20 bits per heavy atom. The van der Waals surface area contributed by atoms with Crippen LogP contribution in [0.15, 0.2) is 59.4 Å². The summed E-state index contributed by atoms with van der Waals surface area (Å²) < 4.78 is 10.9. The molecule has 0 saturated carbocycles. The highest BCUT2D eigenvalue weighted by molar-refractivity contribution is 5.82. The highest BCUT2D eigenvalue weighted by atomic mass is 16.5. The van der Waals surface area contributed by atoms with E-state index in [0.717, 1.165) is 41.5 Å². The number of hydrogen-bond donors (Lipinski definition) is 1. The Morgan fingerprint density at radius 3 is 2.77 bits per heavy atom. The number of rotatable bonds is 7. The van der Waals surface area contributed by atoms with Gasteiger partial charge < -0.3 is 19.4 Å². The molecular formula is C24H26N2O4. The van der Waals surface area contributed by atoms with E-state index in [4.69, 9.17) is 9.47 Å². The van der Waals surface area contributed by atoms with Crippen LogP contribution in [0.2, 0.25) is 0 Å². The van der Waals surface area contributed by atoms with Crippen LogP contribution in [0, 0.1) is 0 Å². The molecule has 1 amide bonds. The molecule has 0 bridgehead atoms. The first-order chi connectivity index (χ1) is 14.6. The number of pyridine rings is 1. The number of fused-ring (bicyclic) bond motifs is 1. The molecule has 2 aromatic carbocycles. The number of nitrogens with zero attached hydrogens (tertiary/aromatic N) is 1. The fraction of sp³-hybridized carbons (Fsp3) is 0.333. The third-order valence-electron chi connectivity index (χ3n) is 5.52. The van der Waals surface area contributed by atoms with Gasteiger partial charge in [-0.05, 0) is 49.1 Å². The lowest BCUT2D eigenvalue weighted by molar-refractivity contribution is -0.141. The number of hydrogen-bond acceptors (Lipinski definition) is 4.